The lowest BCUT2D eigenvalue weighted by atomic mass is 9.87. The van der Waals surface area contributed by atoms with E-state index in [0.717, 1.165) is 37.1 Å². The zero-order valence-electron chi connectivity index (χ0n) is 24.2. The molecule has 1 saturated heterocycles. The Kier molecular flexibility index (Phi) is 9.82. The molecule has 1 aromatic heterocycles. The van der Waals surface area contributed by atoms with Crippen LogP contribution in [0.15, 0.2) is 60.7 Å². The Morgan fingerprint density at radius 2 is 1.90 bits per heavy atom. The molecule has 1 aromatic carbocycles. The van der Waals surface area contributed by atoms with Crippen molar-refractivity contribution in [3.05, 3.63) is 71.8 Å². The molecule has 11 heteroatoms. The topological polar surface area (TPSA) is 144 Å². The van der Waals surface area contributed by atoms with Gasteiger partial charge in [0.2, 0.25) is 0 Å². The van der Waals surface area contributed by atoms with Gasteiger partial charge in [-0.2, -0.15) is 0 Å². The Morgan fingerprint density at radius 1 is 1.17 bits per heavy atom. The SMILES string of the molecule is Cc1c(NCC(NC(=O)OCc2ccccc2)C(=O)OC(C)(C)C)ncnc1N1C(N)=CC=CC1C1CCNCC1. The summed E-state index contributed by atoms with van der Waals surface area (Å²) in [6, 6.07) is 8.35. The van der Waals surface area contributed by atoms with E-state index in [-0.39, 0.29) is 19.2 Å². The van der Waals surface area contributed by atoms with Crippen LogP contribution >= 0.6 is 0 Å². The largest absolute Gasteiger partial charge is 0.458 e. The summed E-state index contributed by atoms with van der Waals surface area (Å²) in [6.45, 7) is 9.26. The van der Waals surface area contributed by atoms with Crippen LogP contribution in [-0.2, 0) is 20.9 Å². The van der Waals surface area contributed by atoms with Gasteiger partial charge in [-0.1, -0.05) is 42.5 Å². The third kappa shape index (κ3) is 8.20. The molecule has 2 aromatic rings. The summed E-state index contributed by atoms with van der Waals surface area (Å²) >= 11 is 0. The van der Waals surface area contributed by atoms with Crippen molar-refractivity contribution in [1.29, 1.82) is 0 Å². The first-order valence-corrected chi connectivity index (χ1v) is 14.0. The highest BCUT2D eigenvalue weighted by Gasteiger charge is 2.32. The minimum absolute atomic E-state index is 0.0234. The molecule has 11 nitrogen and oxygen atoms in total. The summed E-state index contributed by atoms with van der Waals surface area (Å²) in [5, 5.41) is 9.27. The summed E-state index contributed by atoms with van der Waals surface area (Å²) in [4.78, 5) is 36.7. The van der Waals surface area contributed by atoms with Gasteiger partial charge in [-0.3, -0.25) is 0 Å². The fraction of sp³-hybridized carbons (Fsp3) is 0.467. The maximum Gasteiger partial charge on any atom is 0.408 e. The number of nitrogens with one attached hydrogen (secondary N) is 3. The molecule has 220 valence electrons. The molecule has 0 aliphatic carbocycles. The predicted octanol–water partition coefficient (Wildman–Crippen LogP) is 3.38. The molecule has 2 aliphatic rings. The van der Waals surface area contributed by atoms with Gasteiger partial charge < -0.3 is 36.1 Å². The summed E-state index contributed by atoms with van der Waals surface area (Å²) in [6.07, 6.45) is 8.87. The van der Waals surface area contributed by atoms with Crippen molar-refractivity contribution < 1.29 is 19.1 Å². The monoisotopic (exact) mass is 563 g/mol. The van der Waals surface area contributed by atoms with Gasteiger partial charge in [-0.25, -0.2) is 19.6 Å². The molecule has 2 unspecified atom stereocenters. The molecule has 41 heavy (non-hydrogen) atoms. The molecule has 1 amide bonds. The fourth-order valence-electron chi connectivity index (χ4n) is 4.96. The summed E-state index contributed by atoms with van der Waals surface area (Å²) in [7, 11) is 0. The van der Waals surface area contributed by atoms with Crippen molar-refractivity contribution in [1.82, 2.24) is 20.6 Å². The number of nitrogens with zero attached hydrogens (tertiary/aromatic N) is 3. The van der Waals surface area contributed by atoms with Crippen LogP contribution in [0.1, 0.15) is 44.7 Å². The van der Waals surface area contributed by atoms with Crippen molar-refractivity contribution in [2.24, 2.45) is 11.7 Å². The van der Waals surface area contributed by atoms with E-state index in [2.05, 4.69) is 36.9 Å². The number of hydrogen-bond acceptors (Lipinski definition) is 10. The number of ether oxygens (including phenoxy) is 2. The highest BCUT2D eigenvalue weighted by molar-refractivity contribution is 5.82. The van der Waals surface area contributed by atoms with E-state index < -0.39 is 23.7 Å². The van der Waals surface area contributed by atoms with Gasteiger partial charge in [0.15, 0.2) is 0 Å². The molecular weight excluding hydrogens is 522 g/mol. The number of esters is 1. The first-order chi connectivity index (χ1) is 19.6. The standard InChI is InChI=1S/C30H41N7O4/c1-20-26(34-19-35-27(20)37-24(11-8-12-25(37)31)22-13-15-32-16-14-22)33-17-23(28(38)41-30(2,3)4)36-29(39)40-18-21-9-6-5-7-10-21/h5-12,19,22-24,32H,13-18,31H2,1-4H3,(H,36,39)(H,33,34,35). The maximum atomic E-state index is 13.0. The lowest BCUT2D eigenvalue weighted by Gasteiger charge is -2.40. The fourth-order valence-corrected chi connectivity index (χ4v) is 4.96. The van der Waals surface area contributed by atoms with Gasteiger partial charge in [0.1, 0.15) is 42.0 Å². The highest BCUT2D eigenvalue weighted by atomic mass is 16.6. The molecule has 4 rings (SSSR count). The zero-order chi connectivity index (χ0) is 29.4. The minimum atomic E-state index is -1.03. The van der Waals surface area contributed by atoms with Gasteiger partial charge >= 0.3 is 12.1 Å². The van der Waals surface area contributed by atoms with Crippen LogP contribution in [0.2, 0.25) is 0 Å². The number of benzene rings is 1. The Hall–Kier alpha value is -4.12. The number of carbonyl (C=O) groups excluding carboxylic acids is 2. The summed E-state index contributed by atoms with van der Waals surface area (Å²) in [5.74, 6) is 1.65. The van der Waals surface area contributed by atoms with Gasteiger partial charge in [0.05, 0.1) is 6.04 Å². The predicted molar refractivity (Wildman–Crippen MR) is 158 cm³/mol. The number of allylic oxidation sites excluding steroid dienone is 2. The molecule has 2 atom stereocenters. The van der Waals surface area contributed by atoms with Crippen LogP contribution in [-0.4, -0.2) is 59.3 Å². The molecule has 0 spiro atoms. The van der Waals surface area contributed by atoms with Crippen molar-refractivity contribution in [2.45, 2.75) is 64.8 Å². The lowest BCUT2D eigenvalue weighted by Crippen LogP contribution is -2.48. The van der Waals surface area contributed by atoms with Crippen LogP contribution in [0.4, 0.5) is 16.4 Å². The molecule has 3 heterocycles. The minimum Gasteiger partial charge on any atom is -0.458 e. The van der Waals surface area contributed by atoms with Crippen LogP contribution in [0.5, 0.6) is 0 Å². The summed E-state index contributed by atoms with van der Waals surface area (Å²) < 4.78 is 10.9. The molecular formula is C30H41N7O4. The van der Waals surface area contributed by atoms with Crippen molar-refractivity contribution in [3.8, 4) is 0 Å². The number of carbonyl (C=O) groups is 2. The molecule has 0 saturated carbocycles. The first-order valence-electron chi connectivity index (χ1n) is 14.0. The first kappa shape index (κ1) is 29.9. The van der Waals surface area contributed by atoms with E-state index in [9.17, 15) is 9.59 Å². The van der Waals surface area contributed by atoms with E-state index in [0.29, 0.717) is 23.4 Å². The third-order valence-corrected chi connectivity index (χ3v) is 6.97. The number of anilines is 2. The average molecular weight is 564 g/mol. The van der Waals surface area contributed by atoms with E-state index in [4.69, 9.17) is 15.2 Å². The van der Waals surface area contributed by atoms with Crippen molar-refractivity contribution in [2.75, 3.05) is 29.9 Å². The van der Waals surface area contributed by atoms with Gasteiger partial charge in [0, 0.05) is 12.1 Å². The van der Waals surface area contributed by atoms with Crippen molar-refractivity contribution in [3.63, 3.8) is 0 Å². The zero-order valence-corrected chi connectivity index (χ0v) is 24.2. The number of aromatic nitrogens is 2. The van der Waals surface area contributed by atoms with E-state index >= 15 is 0 Å². The normalized spacial score (nSPS) is 18.3. The second-order valence-electron chi connectivity index (χ2n) is 11.3. The second kappa shape index (κ2) is 13.5. The molecule has 0 bridgehead atoms. The van der Waals surface area contributed by atoms with Crippen LogP contribution in [0.3, 0.4) is 0 Å². The number of amides is 1. The molecule has 5 N–H and O–H groups in total. The van der Waals surface area contributed by atoms with Crippen LogP contribution in [0, 0.1) is 12.8 Å². The van der Waals surface area contributed by atoms with E-state index in [1.165, 1.54) is 6.33 Å². The average Bonchev–Trinajstić information content (AvgIpc) is 2.95. The summed E-state index contributed by atoms with van der Waals surface area (Å²) in [5.41, 5.74) is 7.36. The molecule has 0 radical (unpaired) electrons. The van der Waals surface area contributed by atoms with E-state index in [1.807, 2.05) is 49.4 Å². The smallest absolute Gasteiger partial charge is 0.408 e. The van der Waals surface area contributed by atoms with Crippen LogP contribution < -0.4 is 26.6 Å². The van der Waals surface area contributed by atoms with E-state index in [1.54, 1.807) is 20.8 Å². The molecule has 1 fully saturated rings. The third-order valence-electron chi connectivity index (χ3n) is 6.97. The Morgan fingerprint density at radius 3 is 2.61 bits per heavy atom. The van der Waals surface area contributed by atoms with Crippen LogP contribution in [0.25, 0.3) is 0 Å². The number of nitrogens with two attached hydrogens (primary N) is 1. The Labute approximate surface area is 241 Å². The number of piperidine rings is 1. The number of rotatable bonds is 9. The Bertz CT molecular complexity index is 1250. The second-order valence-corrected chi connectivity index (χ2v) is 11.3. The maximum absolute atomic E-state index is 13.0. The lowest BCUT2D eigenvalue weighted by molar-refractivity contribution is -0.156. The van der Waals surface area contributed by atoms with Gasteiger partial charge in [-0.15, -0.1) is 0 Å². The number of alkyl carbamates (subject to hydrolysis) is 1. The molecule has 2 aliphatic heterocycles. The van der Waals surface area contributed by atoms with Gasteiger partial charge in [0.25, 0.3) is 0 Å². The van der Waals surface area contributed by atoms with Crippen molar-refractivity contribution >= 4 is 23.7 Å². The highest BCUT2D eigenvalue weighted by Crippen LogP contribution is 2.33. The quantitative estimate of drug-likeness (QED) is 0.335. The Balaban J connectivity index is 1.49. The van der Waals surface area contributed by atoms with Gasteiger partial charge in [-0.05, 0) is 71.2 Å². The number of hydrogen-bond donors (Lipinski definition) is 4.